The fourth-order valence-corrected chi connectivity index (χ4v) is 2.48. The quantitative estimate of drug-likeness (QED) is 0.236. The van der Waals surface area contributed by atoms with Crippen molar-refractivity contribution in [3.8, 4) is 0 Å². The summed E-state index contributed by atoms with van der Waals surface area (Å²) >= 11 is 0. The zero-order chi connectivity index (χ0) is 17.8. The van der Waals surface area contributed by atoms with Crippen molar-refractivity contribution in [2.24, 2.45) is 0 Å². The lowest BCUT2D eigenvalue weighted by Gasteiger charge is -2.10. The lowest BCUT2D eigenvalue weighted by molar-refractivity contribution is -0.117. The number of nitrogens with one attached hydrogen (secondary N) is 2. The summed E-state index contributed by atoms with van der Waals surface area (Å²) in [6, 6.07) is -0.144. The second kappa shape index (κ2) is 10.9. The van der Waals surface area contributed by atoms with E-state index in [0.29, 0.717) is 19.6 Å². The van der Waals surface area contributed by atoms with Gasteiger partial charge in [0.05, 0.1) is 13.2 Å². The molecular weight excluding hydrogens is 336 g/mol. The monoisotopic (exact) mass is 360 g/mol. The largest absolute Gasteiger partial charge is 0.492 e. The Morgan fingerprint density at radius 1 is 1.12 bits per heavy atom. The van der Waals surface area contributed by atoms with Crippen LogP contribution in [0.1, 0.15) is 12.8 Å². The van der Waals surface area contributed by atoms with E-state index in [1.807, 2.05) is 12.2 Å². The molecule has 0 saturated carbocycles. The minimum Gasteiger partial charge on any atom is -0.447 e. The molecule has 0 heterocycles. The van der Waals surface area contributed by atoms with E-state index in [2.05, 4.69) is 10.6 Å². The van der Waals surface area contributed by atoms with Crippen molar-refractivity contribution >= 4 is 20.8 Å². The lowest BCUT2D eigenvalue weighted by atomic mass is 10.2. The van der Waals surface area contributed by atoms with Gasteiger partial charge in [-0.05, 0) is 12.8 Å². The van der Waals surface area contributed by atoms with E-state index >= 15 is 0 Å². The molecule has 136 valence electrons. The third kappa shape index (κ3) is 10.1. The van der Waals surface area contributed by atoms with Crippen LogP contribution < -0.4 is 10.6 Å². The van der Waals surface area contributed by atoms with Gasteiger partial charge in [-0.15, -0.1) is 0 Å². The number of carbonyl (C=O) groups excluding carboxylic acids is 2. The van der Waals surface area contributed by atoms with Crippen molar-refractivity contribution in [1.29, 1.82) is 0 Å². The summed E-state index contributed by atoms with van der Waals surface area (Å²) in [6.07, 6.45) is 5.76. The summed E-state index contributed by atoms with van der Waals surface area (Å²) in [7, 11) is -4.04. The highest BCUT2D eigenvalue weighted by atomic mass is 28.4. The van der Waals surface area contributed by atoms with Gasteiger partial charge in [-0.25, -0.2) is 4.79 Å². The first kappa shape index (κ1) is 20.3. The second-order valence-electron chi connectivity index (χ2n) is 5.13. The van der Waals surface area contributed by atoms with Crippen LogP contribution >= 0.6 is 0 Å². The highest BCUT2D eigenvalue weighted by Gasteiger charge is 2.25. The molecule has 0 spiro atoms. The number of hydrogen-bond donors (Lipinski definition) is 5. The maximum absolute atomic E-state index is 11.6. The number of amides is 2. The first-order valence-corrected chi connectivity index (χ1v) is 9.73. The molecule has 0 aromatic heterocycles. The van der Waals surface area contributed by atoms with Crippen molar-refractivity contribution in [1.82, 2.24) is 10.6 Å². The summed E-state index contributed by atoms with van der Waals surface area (Å²) in [5, 5.41) is 5.13. The predicted molar refractivity (Wildman–Crippen MR) is 86.9 cm³/mol. The topological polar surface area (TPSA) is 137 Å². The molecule has 10 heteroatoms. The van der Waals surface area contributed by atoms with Crippen molar-refractivity contribution in [2.75, 3.05) is 32.9 Å². The molecule has 0 aliphatic heterocycles. The summed E-state index contributed by atoms with van der Waals surface area (Å²) in [5.41, 5.74) is 0.721. The molecule has 0 unspecified atom stereocenters. The molecule has 0 saturated heterocycles. The van der Waals surface area contributed by atoms with Crippen LogP contribution in [0.3, 0.4) is 0 Å². The number of ether oxygens (including phenoxy) is 2. The molecule has 0 aromatic rings. The highest BCUT2D eigenvalue weighted by Crippen LogP contribution is 2.09. The molecule has 0 atom stereocenters. The van der Waals surface area contributed by atoms with E-state index in [1.54, 1.807) is 6.08 Å². The smallest absolute Gasteiger partial charge is 0.447 e. The highest BCUT2D eigenvalue weighted by molar-refractivity contribution is 6.56. The molecule has 0 bridgehead atoms. The van der Waals surface area contributed by atoms with E-state index in [0.717, 1.165) is 5.57 Å². The maximum atomic E-state index is 11.6. The molecule has 1 rings (SSSR count). The lowest BCUT2D eigenvalue weighted by Crippen LogP contribution is -2.36. The molecule has 24 heavy (non-hydrogen) atoms. The first-order chi connectivity index (χ1) is 11.4. The van der Waals surface area contributed by atoms with Crippen LogP contribution in [-0.4, -0.2) is 68.1 Å². The average Bonchev–Trinajstić information content (AvgIpc) is 3.04. The fraction of sp³-hybridized carbons (Fsp3) is 0.571. The summed E-state index contributed by atoms with van der Waals surface area (Å²) in [6.45, 7) is 1.12. The van der Waals surface area contributed by atoms with Gasteiger partial charge in [-0.2, -0.15) is 0 Å². The van der Waals surface area contributed by atoms with Crippen LogP contribution in [0.4, 0.5) is 4.79 Å². The number of allylic oxidation sites excluding steroid dienone is 3. The predicted octanol–water partition coefficient (Wildman–Crippen LogP) is -0.962. The van der Waals surface area contributed by atoms with Crippen LogP contribution in [0.15, 0.2) is 23.8 Å². The van der Waals surface area contributed by atoms with E-state index in [9.17, 15) is 9.59 Å². The minimum atomic E-state index is -4.04. The molecule has 1 aliphatic carbocycles. The van der Waals surface area contributed by atoms with Crippen molar-refractivity contribution in [2.45, 2.75) is 18.9 Å². The van der Waals surface area contributed by atoms with Crippen LogP contribution in [0.25, 0.3) is 0 Å². The molecule has 2 amide bonds. The normalized spacial score (nSPS) is 13.5. The third-order valence-corrected chi connectivity index (χ3v) is 4.04. The van der Waals surface area contributed by atoms with E-state index in [1.165, 1.54) is 0 Å². The molecular formula is C14H24N2O7Si. The molecule has 0 fully saturated rings. The Morgan fingerprint density at radius 2 is 1.92 bits per heavy atom. The van der Waals surface area contributed by atoms with Crippen molar-refractivity contribution in [3.05, 3.63) is 23.8 Å². The van der Waals surface area contributed by atoms with E-state index in [4.69, 9.17) is 23.9 Å². The van der Waals surface area contributed by atoms with Gasteiger partial charge in [0.25, 0.3) is 0 Å². The van der Waals surface area contributed by atoms with Gasteiger partial charge in [0.1, 0.15) is 6.61 Å². The summed E-state index contributed by atoms with van der Waals surface area (Å²) in [4.78, 5) is 49.2. The van der Waals surface area contributed by atoms with Crippen molar-refractivity contribution in [3.63, 3.8) is 0 Å². The fourth-order valence-electron chi connectivity index (χ4n) is 1.83. The Kier molecular flexibility index (Phi) is 9.26. The number of alkyl carbamates (subject to hydrolysis) is 1. The molecule has 5 N–H and O–H groups in total. The van der Waals surface area contributed by atoms with Gasteiger partial charge in [-0.1, -0.05) is 18.2 Å². The van der Waals surface area contributed by atoms with Crippen LogP contribution in [0.2, 0.25) is 6.04 Å². The SMILES string of the molecule is O=C(NCCC[Si](O)(O)O)OCCOCCNC(=O)C1=CC=CC1. The zero-order valence-electron chi connectivity index (χ0n) is 13.4. The average molecular weight is 360 g/mol. The van der Waals surface area contributed by atoms with Crippen LogP contribution in [-0.2, 0) is 14.3 Å². The van der Waals surface area contributed by atoms with Crippen LogP contribution in [0, 0.1) is 0 Å². The number of rotatable bonds is 11. The van der Waals surface area contributed by atoms with E-state index in [-0.39, 0.29) is 38.1 Å². The van der Waals surface area contributed by atoms with Gasteiger partial charge in [0, 0.05) is 24.7 Å². The molecule has 0 aromatic carbocycles. The van der Waals surface area contributed by atoms with Crippen LogP contribution in [0.5, 0.6) is 0 Å². The Labute approximate surface area is 141 Å². The Balaban J connectivity index is 1.89. The summed E-state index contributed by atoms with van der Waals surface area (Å²) < 4.78 is 10.0. The molecule has 0 radical (unpaired) electrons. The number of hydrogen-bond acceptors (Lipinski definition) is 7. The van der Waals surface area contributed by atoms with Gasteiger partial charge in [0.2, 0.25) is 5.91 Å². The van der Waals surface area contributed by atoms with Gasteiger partial charge < -0.3 is 34.5 Å². The first-order valence-electron chi connectivity index (χ1n) is 7.68. The summed E-state index contributed by atoms with van der Waals surface area (Å²) in [5.74, 6) is -0.111. The van der Waals surface area contributed by atoms with Gasteiger partial charge in [0.15, 0.2) is 0 Å². The minimum absolute atomic E-state index is 0.0630. The Morgan fingerprint density at radius 3 is 2.58 bits per heavy atom. The third-order valence-electron chi connectivity index (χ3n) is 3.01. The van der Waals surface area contributed by atoms with Gasteiger partial charge >= 0.3 is 14.9 Å². The van der Waals surface area contributed by atoms with E-state index < -0.39 is 14.9 Å². The second-order valence-corrected chi connectivity index (χ2v) is 7.18. The van der Waals surface area contributed by atoms with Gasteiger partial charge in [-0.3, -0.25) is 4.79 Å². The maximum Gasteiger partial charge on any atom is 0.492 e. The van der Waals surface area contributed by atoms with Crippen molar-refractivity contribution < 1.29 is 33.4 Å². The Bertz CT molecular complexity index is 474. The number of carbonyl (C=O) groups is 2. The standard InChI is InChI=1S/C14H24N2O7Si/c17-13(12-4-1-2-5-12)15-7-8-22-9-10-23-14(18)16-6-3-11-24(19,20)21/h1-2,4,19-21H,3,5-11H2,(H,15,17)(H,16,18). The Hall–Kier alpha value is -1.72. The molecule has 1 aliphatic rings. The molecule has 9 nitrogen and oxygen atoms in total. The zero-order valence-corrected chi connectivity index (χ0v) is 14.4.